The molecule has 1 aliphatic rings. The Morgan fingerprint density at radius 3 is 2.52 bits per heavy atom. The predicted octanol–water partition coefficient (Wildman–Crippen LogP) is 1.76. The number of hydrogen-bond donors (Lipinski definition) is 2. The van der Waals surface area contributed by atoms with Crippen LogP contribution in [0.25, 0.3) is 0 Å². The van der Waals surface area contributed by atoms with Crippen LogP contribution in [0.2, 0.25) is 0 Å². The van der Waals surface area contributed by atoms with Crippen LogP contribution in [0, 0.1) is 6.92 Å². The average molecular weight is 407 g/mol. The second-order valence-corrected chi connectivity index (χ2v) is 8.54. The Bertz CT molecular complexity index is 629. The number of likely N-dealkylation sites (N-methyl/N-ethyl adjacent to an activating group) is 1. The molecule has 1 aromatic heterocycles. The summed E-state index contributed by atoms with van der Waals surface area (Å²) in [6.45, 7) is 18.8. The highest BCUT2D eigenvalue weighted by molar-refractivity contribution is 5.79. The minimum Gasteiger partial charge on any atom is -0.355 e. The number of likely N-dealkylation sites (tertiary alicyclic amines) is 1. The third kappa shape index (κ3) is 6.96. The summed E-state index contributed by atoms with van der Waals surface area (Å²) in [4.78, 5) is 9.84. The maximum absolute atomic E-state index is 4.80. The van der Waals surface area contributed by atoms with Gasteiger partial charge in [0.05, 0.1) is 0 Å². The van der Waals surface area contributed by atoms with Gasteiger partial charge < -0.3 is 15.2 Å². The molecular weight excluding hydrogens is 364 g/mol. The molecule has 1 aromatic rings. The van der Waals surface area contributed by atoms with E-state index in [0.29, 0.717) is 24.7 Å². The molecular formula is C21H42N8. The zero-order valence-corrected chi connectivity index (χ0v) is 19.6. The number of hydrogen-bond acceptors (Lipinski definition) is 5. The van der Waals surface area contributed by atoms with Crippen molar-refractivity contribution in [3.05, 3.63) is 11.6 Å². The number of aromatic nitrogens is 3. The third-order valence-electron chi connectivity index (χ3n) is 5.96. The zero-order valence-electron chi connectivity index (χ0n) is 19.6. The summed E-state index contributed by atoms with van der Waals surface area (Å²) in [6, 6.07) is 1.65. The minimum absolute atomic E-state index is 0.521. The van der Waals surface area contributed by atoms with Crippen molar-refractivity contribution < 1.29 is 0 Å². The number of aliphatic imine (C=N–C) groups is 1. The lowest BCUT2D eigenvalue weighted by Crippen LogP contribution is -2.48. The van der Waals surface area contributed by atoms with E-state index in [1.54, 1.807) is 0 Å². The average Bonchev–Trinajstić information content (AvgIpc) is 3.26. The molecule has 2 heterocycles. The Kier molecular flexibility index (Phi) is 9.36. The molecule has 0 saturated carbocycles. The molecule has 1 fully saturated rings. The predicted molar refractivity (Wildman–Crippen MR) is 120 cm³/mol. The van der Waals surface area contributed by atoms with Gasteiger partial charge in [0.25, 0.3) is 0 Å². The van der Waals surface area contributed by atoms with Crippen LogP contribution in [0.5, 0.6) is 0 Å². The van der Waals surface area contributed by atoms with Gasteiger partial charge in [-0.25, -0.2) is 4.99 Å². The monoisotopic (exact) mass is 406 g/mol. The lowest BCUT2D eigenvalue weighted by molar-refractivity contribution is 0.178. The minimum atomic E-state index is 0.521. The van der Waals surface area contributed by atoms with E-state index in [0.717, 1.165) is 43.8 Å². The highest BCUT2D eigenvalue weighted by Gasteiger charge is 2.23. The molecule has 0 bridgehead atoms. The van der Waals surface area contributed by atoms with Gasteiger partial charge >= 0.3 is 0 Å². The number of nitrogens with zero attached hydrogens (tertiary/aromatic N) is 6. The van der Waals surface area contributed by atoms with Gasteiger partial charge in [-0.05, 0) is 60.5 Å². The summed E-state index contributed by atoms with van der Waals surface area (Å²) in [6.07, 6.45) is 2.54. The number of aryl methyl sites for hydroxylation is 1. The second-order valence-electron chi connectivity index (χ2n) is 8.54. The molecule has 1 aliphatic heterocycles. The van der Waals surface area contributed by atoms with Gasteiger partial charge in [0.1, 0.15) is 12.4 Å². The molecule has 0 radical (unpaired) electrons. The topological polar surface area (TPSA) is 73.6 Å². The molecule has 1 unspecified atom stereocenters. The lowest BCUT2D eigenvalue weighted by Gasteiger charge is -2.31. The number of rotatable bonds is 10. The lowest BCUT2D eigenvalue weighted by atomic mass is 10.2. The van der Waals surface area contributed by atoms with E-state index in [2.05, 4.69) is 65.2 Å². The molecule has 0 aromatic carbocycles. The zero-order chi connectivity index (χ0) is 21.4. The summed E-state index contributed by atoms with van der Waals surface area (Å²) >= 11 is 0. The largest absolute Gasteiger partial charge is 0.355 e. The third-order valence-corrected chi connectivity index (χ3v) is 5.96. The van der Waals surface area contributed by atoms with Crippen LogP contribution in [0.4, 0.5) is 0 Å². The highest BCUT2D eigenvalue weighted by Crippen LogP contribution is 2.15. The Balaban J connectivity index is 1.97. The molecule has 2 N–H and O–H groups in total. The van der Waals surface area contributed by atoms with E-state index < -0.39 is 0 Å². The van der Waals surface area contributed by atoms with Crippen LogP contribution in [0.3, 0.4) is 0 Å². The van der Waals surface area contributed by atoms with Crippen molar-refractivity contribution >= 4 is 5.96 Å². The van der Waals surface area contributed by atoms with E-state index >= 15 is 0 Å². The summed E-state index contributed by atoms with van der Waals surface area (Å²) in [5, 5.41) is 15.5. The molecule has 2 rings (SSSR count). The maximum atomic E-state index is 4.80. The van der Waals surface area contributed by atoms with E-state index in [1.165, 1.54) is 19.4 Å². The van der Waals surface area contributed by atoms with Gasteiger partial charge in [-0.2, -0.15) is 0 Å². The SMILES string of the molecule is CCN1CCCC1CNC(=NCc1nnc(C)n1C)NCCN(C(C)C)C(C)C. The first-order valence-corrected chi connectivity index (χ1v) is 11.2. The Morgan fingerprint density at radius 1 is 1.21 bits per heavy atom. The fraction of sp³-hybridized carbons (Fsp3) is 0.857. The van der Waals surface area contributed by atoms with Crippen LogP contribution >= 0.6 is 0 Å². The van der Waals surface area contributed by atoms with Crippen molar-refractivity contribution in [2.45, 2.75) is 79.1 Å². The molecule has 29 heavy (non-hydrogen) atoms. The molecule has 8 heteroatoms. The van der Waals surface area contributed by atoms with Crippen molar-refractivity contribution in [1.82, 2.24) is 35.2 Å². The summed E-state index contributed by atoms with van der Waals surface area (Å²) in [5.74, 6) is 2.65. The first-order valence-electron chi connectivity index (χ1n) is 11.2. The molecule has 1 saturated heterocycles. The van der Waals surface area contributed by atoms with Crippen molar-refractivity contribution in [3.63, 3.8) is 0 Å². The Labute approximate surface area is 177 Å². The van der Waals surface area contributed by atoms with Crippen molar-refractivity contribution in [1.29, 1.82) is 0 Å². The van der Waals surface area contributed by atoms with E-state index in [4.69, 9.17) is 4.99 Å². The fourth-order valence-corrected chi connectivity index (χ4v) is 4.09. The van der Waals surface area contributed by atoms with Crippen LogP contribution in [0.15, 0.2) is 4.99 Å². The van der Waals surface area contributed by atoms with Gasteiger partial charge in [-0.15, -0.1) is 10.2 Å². The molecule has 0 amide bonds. The smallest absolute Gasteiger partial charge is 0.191 e. The molecule has 0 spiro atoms. The van der Waals surface area contributed by atoms with Gasteiger partial charge in [-0.1, -0.05) is 6.92 Å². The summed E-state index contributed by atoms with van der Waals surface area (Å²) < 4.78 is 2.00. The molecule has 166 valence electrons. The normalized spacial score (nSPS) is 18.4. The standard InChI is InChI=1S/C21H42N8/c1-8-28-12-9-10-19(28)14-23-21(22-11-13-29(16(2)3)17(4)5)24-15-20-26-25-18(6)27(20)7/h16-17,19H,8-15H2,1-7H3,(H2,22,23,24). The quantitative estimate of drug-likeness (QED) is 0.456. The van der Waals surface area contributed by atoms with E-state index in [1.807, 2.05) is 18.5 Å². The second kappa shape index (κ2) is 11.5. The van der Waals surface area contributed by atoms with Gasteiger partial charge in [0, 0.05) is 44.8 Å². The number of nitrogens with one attached hydrogen (secondary N) is 2. The first kappa shape index (κ1) is 23.6. The van der Waals surface area contributed by atoms with E-state index in [9.17, 15) is 0 Å². The number of guanidine groups is 1. The van der Waals surface area contributed by atoms with Crippen molar-refractivity contribution in [2.24, 2.45) is 12.0 Å². The van der Waals surface area contributed by atoms with E-state index in [-0.39, 0.29) is 0 Å². The Hall–Kier alpha value is -1.67. The van der Waals surface area contributed by atoms with Gasteiger partial charge in [0.2, 0.25) is 0 Å². The van der Waals surface area contributed by atoms with Crippen molar-refractivity contribution in [3.8, 4) is 0 Å². The van der Waals surface area contributed by atoms with Crippen molar-refractivity contribution in [2.75, 3.05) is 32.7 Å². The van der Waals surface area contributed by atoms with Crippen LogP contribution in [-0.2, 0) is 13.6 Å². The van der Waals surface area contributed by atoms with Crippen LogP contribution in [-0.4, -0.2) is 81.4 Å². The summed E-state index contributed by atoms with van der Waals surface area (Å²) in [5.41, 5.74) is 0. The summed E-state index contributed by atoms with van der Waals surface area (Å²) in [7, 11) is 1.99. The van der Waals surface area contributed by atoms with Gasteiger partial charge in [-0.3, -0.25) is 9.80 Å². The molecule has 8 nitrogen and oxygen atoms in total. The fourth-order valence-electron chi connectivity index (χ4n) is 4.09. The Morgan fingerprint density at radius 2 is 1.93 bits per heavy atom. The van der Waals surface area contributed by atoms with Gasteiger partial charge in [0.15, 0.2) is 11.8 Å². The van der Waals surface area contributed by atoms with Crippen LogP contribution < -0.4 is 10.6 Å². The maximum Gasteiger partial charge on any atom is 0.191 e. The first-order chi connectivity index (χ1) is 13.8. The molecule has 1 atom stereocenters. The highest BCUT2D eigenvalue weighted by atomic mass is 15.3. The molecule has 0 aliphatic carbocycles. The van der Waals surface area contributed by atoms with Crippen LogP contribution in [0.1, 0.15) is 59.1 Å².